The smallest absolute Gasteiger partial charge is 0.129 e. The summed E-state index contributed by atoms with van der Waals surface area (Å²) in [5.41, 5.74) is 5.42. The first-order chi connectivity index (χ1) is 7.27. The molecule has 0 spiro atoms. The van der Waals surface area contributed by atoms with Gasteiger partial charge in [0.05, 0.1) is 0 Å². The maximum atomic E-state index is 10.7. The third-order valence-electron chi connectivity index (χ3n) is 2.73. The van der Waals surface area contributed by atoms with Crippen molar-refractivity contribution in [1.29, 1.82) is 0 Å². The van der Waals surface area contributed by atoms with E-state index >= 15 is 0 Å². The number of nitrogens with two attached hydrogens (primary N) is 1. The molecule has 0 atom stereocenters. The van der Waals surface area contributed by atoms with E-state index in [0.29, 0.717) is 5.78 Å². The summed E-state index contributed by atoms with van der Waals surface area (Å²) in [5, 5.41) is 0. The second kappa shape index (κ2) is 11.7. The first kappa shape index (κ1) is 14.6. The van der Waals surface area contributed by atoms with Gasteiger partial charge in [-0.15, -0.1) is 0 Å². The monoisotopic (exact) mass is 213 g/mol. The van der Waals surface area contributed by atoms with Crippen LogP contribution in [-0.4, -0.2) is 12.3 Å². The summed E-state index contributed by atoms with van der Waals surface area (Å²) in [5.74, 6) is 0.330. The van der Waals surface area contributed by atoms with Gasteiger partial charge in [-0.3, -0.25) is 0 Å². The molecule has 2 heteroatoms. The minimum atomic E-state index is 0.330. The first-order valence-electron chi connectivity index (χ1n) is 6.47. The van der Waals surface area contributed by atoms with E-state index in [1.54, 1.807) is 6.92 Å². The second-order valence-corrected chi connectivity index (χ2v) is 4.42. The topological polar surface area (TPSA) is 43.1 Å². The van der Waals surface area contributed by atoms with Crippen molar-refractivity contribution in [1.82, 2.24) is 0 Å². The van der Waals surface area contributed by atoms with Crippen LogP contribution in [0, 0.1) is 0 Å². The normalized spacial score (nSPS) is 10.5. The molecule has 0 aliphatic heterocycles. The number of unbranched alkanes of at least 4 members (excludes halogenated alkanes) is 8. The van der Waals surface area contributed by atoms with Crippen molar-refractivity contribution in [2.24, 2.45) is 5.73 Å². The summed E-state index contributed by atoms with van der Waals surface area (Å²) in [6.07, 6.45) is 12.2. The van der Waals surface area contributed by atoms with Crippen molar-refractivity contribution in [2.45, 2.75) is 71.1 Å². The summed E-state index contributed by atoms with van der Waals surface area (Å²) < 4.78 is 0. The SMILES string of the molecule is CC(=O)CCCCCCCCCCCN. The van der Waals surface area contributed by atoms with Gasteiger partial charge in [-0.1, -0.05) is 44.9 Å². The number of rotatable bonds is 11. The van der Waals surface area contributed by atoms with Crippen LogP contribution in [0.3, 0.4) is 0 Å². The average molecular weight is 213 g/mol. The van der Waals surface area contributed by atoms with Crippen molar-refractivity contribution < 1.29 is 4.79 Å². The van der Waals surface area contributed by atoms with Crippen LogP contribution in [0.1, 0.15) is 71.1 Å². The molecule has 0 saturated heterocycles. The van der Waals surface area contributed by atoms with Crippen LogP contribution in [0.25, 0.3) is 0 Å². The summed E-state index contributed by atoms with van der Waals surface area (Å²) in [6.45, 7) is 2.52. The minimum Gasteiger partial charge on any atom is -0.330 e. The Labute approximate surface area is 94.6 Å². The van der Waals surface area contributed by atoms with E-state index in [0.717, 1.165) is 19.4 Å². The first-order valence-corrected chi connectivity index (χ1v) is 6.47. The number of hydrogen-bond donors (Lipinski definition) is 1. The lowest BCUT2D eigenvalue weighted by atomic mass is 10.1. The fraction of sp³-hybridized carbons (Fsp3) is 0.923. The summed E-state index contributed by atoms with van der Waals surface area (Å²) in [4.78, 5) is 10.7. The summed E-state index contributed by atoms with van der Waals surface area (Å²) in [7, 11) is 0. The van der Waals surface area contributed by atoms with Crippen LogP contribution in [0.4, 0.5) is 0 Å². The maximum absolute atomic E-state index is 10.7. The molecular formula is C13H27NO. The Hall–Kier alpha value is -0.370. The molecule has 2 nitrogen and oxygen atoms in total. The lowest BCUT2D eigenvalue weighted by molar-refractivity contribution is -0.117. The zero-order valence-corrected chi connectivity index (χ0v) is 10.3. The van der Waals surface area contributed by atoms with Crippen LogP contribution in [0.15, 0.2) is 0 Å². The molecule has 0 aliphatic carbocycles. The Morgan fingerprint density at radius 1 is 0.800 bits per heavy atom. The van der Waals surface area contributed by atoms with E-state index in [-0.39, 0.29) is 0 Å². The lowest BCUT2D eigenvalue weighted by Crippen LogP contribution is -1.97. The summed E-state index contributed by atoms with van der Waals surface area (Å²) >= 11 is 0. The molecule has 0 rings (SSSR count). The molecule has 0 aromatic rings. The van der Waals surface area contributed by atoms with Crippen LogP contribution >= 0.6 is 0 Å². The van der Waals surface area contributed by atoms with Gasteiger partial charge < -0.3 is 10.5 Å². The van der Waals surface area contributed by atoms with Crippen molar-refractivity contribution in [2.75, 3.05) is 6.54 Å². The zero-order chi connectivity index (χ0) is 11.4. The molecule has 15 heavy (non-hydrogen) atoms. The highest BCUT2D eigenvalue weighted by Crippen LogP contribution is 2.10. The molecule has 0 heterocycles. The van der Waals surface area contributed by atoms with E-state index in [1.165, 1.54) is 51.4 Å². The van der Waals surface area contributed by atoms with Crippen molar-refractivity contribution >= 4 is 5.78 Å². The Morgan fingerprint density at radius 2 is 1.20 bits per heavy atom. The van der Waals surface area contributed by atoms with Crippen molar-refractivity contribution in [3.63, 3.8) is 0 Å². The van der Waals surface area contributed by atoms with Gasteiger partial charge in [-0.05, 0) is 26.3 Å². The molecule has 0 aromatic carbocycles. The fourth-order valence-corrected chi connectivity index (χ4v) is 1.76. The Bertz CT molecular complexity index is 145. The molecule has 90 valence electrons. The summed E-state index contributed by atoms with van der Waals surface area (Å²) in [6, 6.07) is 0. The highest BCUT2D eigenvalue weighted by Gasteiger charge is 1.94. The van der Waals surface area contributed by atoms with E-state index in [4.69, 9.17) is 5.73 Å². The van der Waals surface area contributed by atoms with Crippen LogP contribution < -0.4 is 5.73 Å². The van der Waals surface area contributed by atoms with Gasteiger partial charge in [0.15, 0.2) is 0 Å². The van der Waals surface area contributed by atoms with Gasteiger partial charge in [-0.2, -0.15) is 0 Å². The van der Waals surface area contributed by atoms with E-state index < -0.39 is 0 Å². The maximum Gasteiger partial charge on any atom is 0.129 e. The molecule has 0 aliphatic rings. The molecule has 0 saturated carbocycles. The Kier molecular flexibility index (Phi) is 11.4. The highest BCUT2D eigenvalue weighted by molar-refractivity contribution is 5.75. The number of carbonyl (C=O) groups is 1. The molecular weight excluding hydrogens is 186 g/mol. The second-order valence-electron chi connectivity index (χ2n) is 4.42. The molecule has 0 unspecified atom stereocenters. The highest BCUT2D eigenvalue weighted by atomic mass is 16.1. The third kappa shape index (κ3) is 13.6. The third-order valence-corrected chi connectivity index (χ3v) is 2.73. The average Bonchev–Trinajstić information content (AvgIpc) is 2.20. The molecule has 0 aromatic heterocycles. The Balaban J connectivity index is 2.89. The molecule has 0 radical (unpaired) electrons. The Morgan fingerprint density at radius 3 is 1.60 bits per heavy atom. The number of Topliss-reactive ketones (excluding diaryl/α,β-unsaturated/α-hetero) is 1. The molecule has 0 fully saturated rings. The van der Waals surface area contributed by atoms with Gasteiger partial charge in [0.1, 0.15) is 5.78 Å². The number of carbonyl (C=O) groups excluding carboxylic acids is 1. The molecule has 0 amide bonds. The van der Waals surface area contributed by atoms with Crippen LogP contribution in [0.2, 0.25) is 0 Å². The van der Waals surface area contributed by atoms with Gasteiger partial charge in [0, 0.05) is 6.42 Å². The van der Waals surface area contributed by atoms with Crippen molar-refractivity contribution in [3.8, 4) is 0 Å². The lowest BCUT2D eigenvalue weighted by Gasteiger charge is -2.01. The fourth-order valence-electron chi connectivity index (χ4n) is 1.76. The zero-order valence-electron chi connectivity index (χ0n) is 10.3. The van der Waals surface area contributed by atoms with Gasteiger partial charge in [-0.25, -0.2) is 0 Å². The van der Waals surface area contributed by atoms with Crippen molar-refractivity contribution in [3.05, 3.63) is 0 Å². The molecule has 0 bridgehead atoms. The standard InChI is InChI=1S/C13H27NO/c1-13(15)11-9-7-5-3-2-4-6-8-10-12-14/h2-12,14H2,1H3. The minimum absolute atomic E-state index is 0.330. The van der Waals surface area contributed by atoms with E-state index in [2.05, 4.69) is 0 Å². The number of hydrogen-bond acceptors (Lipinski definition) is 2. The molecule has 2 N–H and O–H groups in total. The van der Waals surface area contributed by atoms with E-state index in [9.17, 15) is 4.79 Å². The van der Waals surface area contributed by atoms with Gasteiger partial charge in [0.25, 0.3) is 0 Å². The van der Waals surface area contributed by atoms with Crippen LogP contribution in [0.5, 0.6) is 0 Å². The van der Waals surface area contributed by atoms with E-state index in [1.807, 2.05) is 0 Å². The van der Waals surface area contributed by atoms with Crippen LogP contribution in [-0.2, 0) is 4.79 Å². The van der Waals surface area contributed by atoms with Gasteiger partial charge >= 0.3 is 0 Å². The quantitative estimate of drug-likeness (QED) is 0.534. The number of ketones is 1. The predicted octanol–water partition coefficient (Wildman–Crippen LogP) is 3.44. The largest absolute Gasteiger partial charge is 0.330 e. The van der Waals surface area contributed by atoms with Gasteiger partial charge in [0.2, 0.25) is 0 Å². The predicted molar refractivity (Wildman–Crippen MR) is 65.9 cm³/mol.